The summed E-state index contributed by atoms with van der Waals surface area (Å²) in [7, 11) is 0. The fraction of sp³-hybridized carbons (Fsp3) is 0.0476. The highest BCUT2D eigenvalue weighted by molar-refractivity contribution is 6.38. The van der Waals surface area contributed by atoms with Crippen molar-refractivity contribution in [3.63, 3.8) is 0 Å². The number of benzene rings is 3. The zero-order chi connectivity index (χ0) is 20.4. The van der Waals surface area contributed by atoms with Crippen LogP contribution in [0.4, 0.5) is 10.1 Å². The smallest absolute Gasteiger partial charge is 0.337 e. The van der Waals surface area contributed by atoms with Crippen LogP contribution in [0.25, 0.3) is 16.8 Å². The highest BCUT2D eigenvalue weighted by Gasteiger charge is 2.15. The van der Waals surface area contributed by atoms with Gasteiger partial charge in [-0.05, 0) is 54.3 Å². The number of carboxylic acid groups (broad SMARTS) is 1. The van der Waals surface area contributed by atoms with Crippen LogP contribution in [-0.2, 0) is 4.79 Å². The number of fused-ring (bicyclic) bond motifs is 1. The number of nitrogens with one attached hydrogen (secondary N) is 1. The molecule has 0 fully saturated rings. The van der Waals surface area contributed by atoms with Crippen LogP contribution in [0.1, 0.15) is 22.8 Å². The normalized spacial score (nSPS) is 11.5. The average Bonchev–Trinajstić information content (AvgIpc) is 2.65. The fourth-order valence-corrected chi connectivity index (χ4v) is 3.18. The Hall–Kier alpha value is -2.89. The first-order chi connectivity index (χ1) is 13.3. The molecule has 2 N–H and O–H groups in total. The predicted octanol–water partition coefficient (Wildman–Crippen LogP) is 6.03. The maximum atomic E-state index is 13.3. The second-order valence-corrected chi connectivity index (χ2v) is 6.93. The number of hydrogen-bond donors (Lipinski definition) is 2. The van der Waals surface area contributed by atoms with Crippen molar-refractivity contribution in [1.29, 1.82) is 0 Å². The van der Waals surface area contributed by atoms with E-state index in [0.717, 1.165) is 22.9 Å². The molecular weight excluding hydrogens is 404 g/mol. The Kier molecular flexibility index (Phi) is 5.68. The van der Waals surface area contributed by atoms with Gasteiger partial charge in [-0.15, -0.1) is 0 Å². The van der Waals surface area contributed by atoms with E-state index in [1.807, 2.05) is 6.07 Å². The molecule has 0 bridgehead atoms. The van der Waals surface area contributed by atoms with Gasteiger partial charge < -0.3 is 10.4 Å². The van der Waals surface area contributed by atoms with Crippen molar-refractivity contribution in [1.82, 2.24) is 0 Å². The summed E-state index contributed by atoms with van der Waals surface area (Å²) in [5.41, 5.74) is 0.602. The van der Waals surface area contributed by atoms with Gasteiger partial charge in [-0.1, -0.05) is 41.4 Å². The van der Waals surface area contributed by atoms with Gasteiger partial charge >= 0.3 is 5.97 Å². The maximum Gasteiger partial charge on any atom is 0.337 e. The molecule has 1 amide bonds. The summed E-state index contributed by atoms with van der Waals surface area (Å²) in [5.74, 6) is -2.57. The number of aromatic carboxylic acids is 1. The molecule has 0 saturated carbocycles. The highest BCUT2D eigenvalue weighted by atomic mass is 35.5. The molecule has 28 heavy (non-hydrogen) atoms. The third kappa shape index (κ3) is 4.16. The van der Waals surface area contributed by atoms with E-state index in [0.29, 0.717) is 21.2 Å². The van der Waals surface area contributed by atoms with Crippen LogP contribution in [0.15, 0.2) is 54.1 Å². The van der Waals surface area contributed by atoms with Gasteiger partial charge in [-0.25, -0.2) is 9.18 Å². The second-order valence-electron chi connectivity index (χ2n) is 6.11. The van der Waals surface area contributed by atoms with E-state index in [1.165, 1.54) is 6.07 Å². The number of rotatable bonds is 4. The van der Waals surface area contributed by atoms with E-state index in [1.54, 1.807) is 37.3 Å². The standard InChI is InChI=1S/C21H14Cl2FNO3/c1-11(20(26)25-18-7-5-15(24)10-17(18)21(27)28)8-13-3-2-12-9-14(22)4-6-16(12)19(13)23/h2-10H,1H3,(H,25,26)(H,27,28). The Bertz CT molecular complexity index is 1140. The highest BCUT2D eigenvalue weighted by Crippen LogP contribution is 2.30. The summed E-state index contributed by atoms with van der Waals surface area (Å²) in [4.78, 5) is 23.7. The topological polar surface area (TPSA) is 66.4 Å². The van der Waals surface area contributed by atoms with Crippen LogP contribution >= 0.6 is 23.2 Å². The van der Waals surface area contributed by atoms with Crippen LogP contribution in [0.2, 0.25) is 10.0 Å². The van der Waals surface area contributed by atoms with Gasteiger partial charge in [0, 0.05) is 16.0 Å². The number of halogens is 3. The van der Waals surface area contributed by atoms with Crippen molar-refractivity contribution in [2.45, 2.75) is 6.92 Å². The molecule has 3 rings (SSSR count). The van der Waals surface area contributed by atoms with Crippen molar-refractivity contribution in [3.05, 3.63) is 81.1 Å². The molecule has 3 aromatic carbocycles. The molecule has 0 aliphatic carbocycles. The summed E-state index contributed by atoms with van der Waals surface area (Å²) >= 11 is 12.4. The van der Waals surface area contributed by atoms with E-state index in [2.05, 4.69) is 5.32 Å². The van der Waals surface area contributed by atoms with Crippen molar-refractivity contribution in [2.75, 3.05) is 5.32 Å². The molecule has 0 atom stereocenters. The minimum absolute atomic E-state index is 0.00546. The van der Waals surface area contributed by atoms with E-state index in [-0.39, 0.29) is 11.3 Å². The van der Waals surface area contributed by atoms with Gasteiger partial charge in [0.25, 0.3) is 5.91 Å². The Labute approximate surface area is 170 Å². The molecule has 0 saturated heterocycles. The van der Waals surface area contributed by atoms with Crippen LogP contribution in [0, 0.1) is 5.82 Å². The second kappa shape index (κ2) is 8.00. The Balaban J connectivity index is 1.91. The van der Waals surface area contributed by atoms with Gasteiger partial charge in [0.15, 0.2) is 0 Å². The third-order valence-corrected chi connectivity index (χ3v) is 4.79. The largest absolute Gasteiger partial charge is 0.478 e. The zero-order valence-corrected chi connectivity index (χ0v) is 16.1. The molecule has 7 heteroatoms. The Morgan fingerprint density at radius 1 is 1.07 bits per heavy atom. The van der Waals surface area contributed by atoms with E-state index >= 15 is 0 Å². The van der Waals surface area contributed by atoms with Crippen LogP contribution in [0.5, 0.6) is 0 Å². The third-order valence-electron chi connectivity index (χ3n) is 4.14. The number of anilines is 1. The van der Waals surface area contributed by atoms with Crippen molar-refractivity contribution in [2.24, 2.45) is 0 Å². The monoisotopic (exact) mass is 417 g/mol. The van der Waals surface area contributed by atoms with Crippen LogP contribution < -0.4 is 5.32 Å². The molecule has 3 aromatic rings. The minimum atomic E-state index is -1.34. The van der Waals surface area contributed by atoms with Gasteiger partial charge in [0.1, 0.15) is 5.82 Å². The molecule has 4 nitrogen and oxygen atoms in total. The number of carbonyl (C=O) groups is 2. The van der Waals surface area contributed by atoms with E-state index in [4.69, 9.17) is 23.2 Å². The lowest BCUT2D eigenvalue weighted by Crippen LogP contribution is -2.15. The van der Waals surface area contributed by atoms with Crippen molar-refractivity contribution >= 4 is 57.6 Å². The van der Waals surface area contributed by atoms with Gasteiger partial charge in [-0.2, -0.15) is 0 Å². The summed E-state index contributed by atoms with van der Waals surface area (Å²) in [6.07, 6.45) is 1.59. The molecular formula is C21H14Cl2FNO3. The van der Waals surface area contributed by atoms with Gasteiger partial charge in [-0.3, -0.25) is 4.79 Å². The van der Waals surface area contributed by atoms with Crippen molar-refractivity contribution < 1.29 is 19.1 Å². The number of hydrogen-bond acceptors (Lipinski definition) is 2. The summed E-state index contributed by atoms with van der Waals surface area (Å²) in [6.45, 7) is 1.57. The lowest BCUT2D eigenvalue weighted by molar-refractivity contribution is -0.112. The first-order valence-electron chi connectivity index (χ1n) is 8.16. The van der Waals surface area contributed by atoms with Gasteiger partial charge in [0.2, 0.25) is 0 Å². The van der Waals surface area contributed by atoms with Gasteiger partial charge in [0.05, 0.1) is 16.3 Å². The Morgan fingerprint density at radius 2 is 1.82 bits per heavy atom. The number of carbonyl (C=O) groups excluding carboxylic acids is 1. The lowest BCUT2D eigenvalue weighted by Gasteiger charge is -2.10. The minimum Gasteiger partial charge on any atom is -0.478 e. The van der Waals surface area contributed by atoms with Crippen LogP contribution in [-0.4, -0.2) is 17.0 Å². The summed E-state index contributed by atoms with van der Waals surface area (Å²) in [6, 6.07) is 12.0. The van der Waals surface area contributed by atoms with E-state index < -0.39 is 17.7 Å². The maximum absolute atomic E-state index is 13.3. The Morgan fingerprint density at radius 3 is 2.54 bits per heavy atom. The SMILES string of the molecule is CC(=Cc1ccc2cc(Cl)ccc2c1Cl)C(=O)Nc1ccc(F)cc1C(=O)O. The number of carboxylic acids is 1. The molecule has 0 aliphatic heterocycles. The molecule has 0 radical (unpaired) electrons. The molecule has 0 unspecified atom stereocenters. The first-order valence-corrected chi connectivity index (χ1v) is 8.92. The summed E-state index contributed by atoms with van der Waals surface area (Å²) in [5, 5.41) is 14.4. The lowest BCUT2D eigenvalue weighted by atomic mass is 10.0. The molecule has 0 aliphatic rings. The molecule has 142 valence electrons. The average molecular weight is 418 g/mol. The van der Waals surface area contributed by atoms with E-state index in [9.17, 15) is 19.1 Å². The predicted molar refractivity (Wildman–Crippen MR) is 110 cm³/mol. The first kappa shape index (κ1) is 19.9. The molecule has 0 spiro atoms. The quantitative estimate of drug-likeness (QED) is 0.509. The molecule has 0 aromatic heterocycles. The summed E-state index contributed by atoms with van der Waals surface area (Å²) < 4.78 is 13.3. The van der Waals surface area contributed by atoms with Crippen molar-refractivity contribution in [3.8, 4) is 0 Å². The fourth-order valence-electron chi connectivity index (χ4n) is 2.71. The molecule has 0 heterocycles. The zero-order valence-electron chi connectivity index (χ0n) is 14.6. The number of amides is 1. The van der Waals surface area contributed by atoms with Crippen LogP contribution in [0.3, 0.4) is 0 Å².